The number of nitro groups is 1. The molecular weight excluding hydrogens is 340 g/mol. The normalized spacial score (nSPS) is 21.8. The number of nitrogens with one attached hydrogen (secondary N) is 1. The molecule has 0 bridgehead atoms. The van der Waals surface area contributed by atoms with Gasteiger partial charge < -0.3 is 10.4 Å². The Labute approximate surface area is 130 Å². The largest absolute Gasteiger partial charge is 0.396 e. The molecule has 7 heteroatoms. The van der Waals surface area contributed by atoms with Crippen molar-refractivity contribution in [3.8, 4) is 0 Å². The highest BCUT2D eigenvalue weighted by Crippen LogP contribution is 2.25. The molecule has 1 aromatic rings. The number of amides is 1. The van der Waals surface area contributed by atoms with Crippen molar-refractivity contribution in [3.05, 3.63) is 38.3 Å². The van der Waals surface area contributed by atoms with Gasteiger partial charge in [0.1, 0.15) is 0 Å². The Morgan fingerprint density at radius 3 is 2.76 bits per heavy atom. The summed E-state index contributed by atoms with van der Waals surface area (Å²) in [4.78, 5) is 22.6. The van der Waals surface area contributed by atoms with E-state index >= 15 is 0 Å². The second-order valence-corrected chi connectivity index (χ2v) is 6.18. The highest BCUT2D eigenvalue weighted by molar-refractivity contribution is 9.10. The molecule has 0 aromatic heterocycles. The minimum atomic E-state index is -0.529. The van der Waals surface area contributed by atoms with Gasteiger partial charge in [0.25, 0.3) is 11.6 Å². The molecular formula is C14H17BrN2O4. The first-order valence-corrected chi connectivity index (χ1v) is 7.67. The number of hydrogen-bond donors (Lipinski definition) is 2. The van der Waals surface area contributed by atoms with Crippen LogP contribution in [0.2, 0.25) is 0 Å². The SMILES string of the molecule is O=C(NC1CCCCC1CO)c1cc(Br)cc([N+](=O)[O-])c1. The van der Waals surface area contributed by atoms with Gasteiger partial charge in [-0.05, 0) is 18.9 Å². The molecule has 1 saturated carbocycles. The molecule has 1 fully saturated rings. The van der Waals surface area contributed by atoms with Crippen LogP contribution in [-0.2, 0) is 0 Å². The van der Waals surface area contributed by atoms with Crippen molar-refractivity contribution in [1.29, 1.82) is 0 Å². The molecule has 2 atom stereocenters. The highest BCUT2D eigenvalue weighted by Gasteiger charge is 2.26. The molecule has 6 nitrogen and oxygen atoms in total. The van der Waals surface area contributed by atoms with Crippen LogP contribution in [0, 0.1) is 16.0 Å². The van der Waals surface area contributed by atoms with Crippen LogP contribution in [-0.4, -0.2) is 28.6 Å². The zero-order valence-electron chi connectivity index (χ0n) is 11.4. The number of nitro benzene ring substituents is 1. The molecule has 1 aliphatic carbocycles. The van der Waals surface area contributed by atoms with Crippen molar-refractivity contribution in [1.82, 2.24) is 5.32 Å². The number of hydrogen-bond acceptors (Lipinski definition) is 4. The number of carbonyl (C=O) groups is 1. The van der Waals surface area contributed by atoms with E-state index < -0.39 is 4.92 Å². The first-order valence-electron chi connectivity index (χ1n) is 6.88. The van der Waals surface area contributed by atoms with E-state index in [1.54, 1.807) is 6.07 Å². The molecule has 1 aromatic carbocycles. The van der Waals surface area contributed by atoms with E-state index in [0.29, 0.717) is 4.47 Å². The zero-order chi connectivity index (χ0) is 15.4. The molecule has 2 rings (SSSR count). The van der Waals surface area contributed by atoms with Crippen molar-refractivity contribution in [2.45, 2.75) is 31.7 Å². The average molecular weight is 357 g/mol. The van der Waals surface area contributed by atoms with E-state index in [1.165, 1.54) is 12.1 Å². The van der Waals surface area contributed by atoms with Crippen LogP contribution in [0.15, 0.2) is 22.7 Å². The smallest absolute Gasteiger partial charge is 0.271 e. The van der Waals surface area contributed by atoms with Gasteiger partial charge in [-0.2, -0.15) is 0 Å². The molecule has 2 unspecified atom stereocenters. The molecule has 0 aliphatic heterocycles. The predicted octanol–water partition coefficient (Wildman–Crippen LogP) is 2.64. The highest BCUT2D eigenvalue weighted by atomic mass is 79.9. The van der Waals surface area contributed by atoms with E-state index in [9.17, 15) is 20.0 Å². The first kappa shape index (κ1) is 15.9. The second kappa shape index (κ2) is 7.00. The van der Waals surface area contributed by atoms with Crippen molar-refractivity contribution in [3.63, 3.8) is 0 Å². The van der Waals surface area contributed by atoms with Crippen LogP contribution < -0.4 is 5.32 Å². The number of aliphatic hydroxyl groups excluding tert-OH is 1. The molecule has 1 amide bonds. The second-order valence-electron chi connectivity index (χ2n) is 5.26. The summed E-state index contributed by atoms with van der Waals surface area (Å²) in [5.41, 5.74) is 0.121. The zero-order valence-corrected chi connectivity index (χ0v) is 13.0. The fourth-order valence-electron chi connectivity index (χ4n) is 2.68. The van der Waals surface area contributed by atoms with Gasteiger partial charge in [-0.1, -0.05) is 28.8 Å². The Kier molecular flexibility index (Phi) is 5.30. The summed E-state index contributed by atoms with van der Waals surface area (Å²) in [6.45, 7) is 0.0452. The molecule has 1 aliphatic rings. The van der Waals surface area contributed by atoms with E-state index in [0.717, 1.165) is 25.7 Å². The maximum absolute atomic E-state index is 12.3. The summed E-state index contributed by atoms with van der Waals surface area (Å²) in [5.74, 6) is -0.283. The molecule has 2 N–H and O–H groups in total. The molecule has 0 heterocycles. The van der Waals surface area contributed by atoms with Crippen molar-refractivity contribution < 1.29 is 14.8 Å². The van der Waals surface area contributed by atoms with Crippen LogP contribution >= 0.6 is 15.9 Å². The monoisotopic (exact) mass is 356 g/mol. The van der Waals surface area contributed by atoms with Crippen molar-refractivity contribution >= 4 is 27.5 Å². The summed E-state index contributed by atoms with van der Waals surface area (Å²) in [7, 11) is 0. The molecule has 114 valence electrons. The number of benzene rings is 1. The maximum atomic E-state index is 12.3. The van der Waals surface area contributed by atoms with Gasteiger partial charge in [-0.15, -0.1) is 0 Å². The van der Waals surface area contributed by atoms with E-state index in [1.807, 2.05) is 0 Å². The third-order valence-corrected chi connectivity index (χ3v) is 4.27. The number of non-ortho nitro benzene ring substituents is 1. The molecule has 0 radical (unpaired) electrons. The average Bonchev–Trinajstić information content (AvgIpc) is 2.47. The van der Waals surface area contributed by atoms with Crippen LogP contribution in [0.25, 0.3) is 0 Å². The lowest BCUT2D eigenvalue weighted by Crippen LogP contribution is -2.43. The van der Waals surface area contributed by atoms with Crippen LogP contribution in [0.3, 0.4) is 0 Å². The number of nitrogens with zero attached hydrogens (tertiary/aromatic N) is 1. The minimum absolute atomic E-state index is 0.0452. The summed E-state index contributed by atoms with van der Waals surface area (Å²) in [6.07, 6.45) is 3.78. The van der Waals surface area contributed by atoms with Crippen LogP contribution in [0.4, 0.5) is 5.69 Å². The Balaban J connectivity index is 2.14. The summed E-state index contributed by atoms with van der Waals surface area (Å²) in [6, 6.07) is 4.10. The quantitative estimate of drug-likeness (QED) is 0.640. The maximum Gasteiger partial charge on any atom is 0.271 e. The molecule has 0 spiro atoms. The van der Waals surface area contributed by atoms with Crippen LogP contribution in [0.5, 0.6) is 0 Å². The topological polar surface area (TPSA) is 92.5 Å². The Bertz CT molecular complexity index is 550. The van der Waals surface area contributed by atoms with Gasteiger partial charge in [0, 0.05) is 40.7 Å². The number of carbonyl (C=O) groups excluding carboxylic acids is 1. The third kappa shape index (κ3) is 4.01. The molecule has 0 saturated heterocycles. The summed E-state index contributed by atoms with van der Waals surface area (Å²) in [5, 5.41) is 23.1. The van der Waals surface area contributed by atoms with E-state index in [2.05, 4.69) is 21.2 Å². The fraction of sp³-hybridized carbons (Fsp3) is 0.500. The van der Waals surface area contributed by atoms with E-state index in [4.69, 9.17) is 0 Å². The fourth-order valence-corrected chi connectivity index (χ4v) is 3.16. The van der Waals surface area contributed by atoms with E-state index in [-0.39, 0.29) is 35.7 Å². The lowest BCUT2D eigenvalue weighted by molar-refractivity contribution is -0.385. The van der Waals surface area contributed by atoms with Gasteiger partial charge in [-0.3, -0.25) is 14.9 Å². The lowest BCUT2D eigenvalue weighted by Gasteiger charge is -2.30. The standard InChI is InChI=1S/C14H17BrN2O4/c15-11-5-10(6-12(7-11)17(20)21)14(19)16-13-4-2-1-3-9(13)8-18/h5-7,9,13,18H,1-4,8H2,(H,16,19). The number of halogens is 1. The van der Waals surface area contributed by atoms with Gasteiger partial charge in [0.05, 0.1) is 4.92 Å². The van der Waals surface area contributed by atoms with Gasteiger partial charge >= 0.3 is 0 Å². The van der Waals surface area contributed by atoms with Gasteiger partial charge in [0.15, 0.2) is 0 Å². The Hall–Kier alpha value is -1.47. The number of rotatable bonds is 4. The van der Waals surface area contributed by atoms with Crippen molar-refractivity contribution in [2.24, 2.45) is 5.92 Å². The van der Waals surface area contributed by atoms with Crippen molar-refractivity contribution in [2.75, 3.05) is 6.61 Å². The van der Waals surface area contributed by atoms with Crippen LogP contribution in [0.1, 0.15) is 36.0 Å². The van der Waals surface area contributed by atoms with Gasteiger partial charge in [0.2, 0.25) is 0 Å². The first-order chi connectivity index (χ1) is 10.0. The predicted molar refractivity (Wildman–Crippen MR) is 81.1 cm³/mol. The number of aliphatic hydroxyl groups is 1. The minimum Gasteiger partial charge on any atom is -0.396 e. The summed E-state index contributed by atoms with van der Waals surface area (Å²) < 4.78 is 0.490. The van der Waals surface area contributed by atoms with Gasteiger partial charge in [-0.25, -0.2) is 0 Å². The summed E-state index contributed by atoms with van der Waals surface area (Å²) >= 11 is 3.18. The lowest BCUT2D eigenvalue weighted by atomic mass is 9.85. The Morgan fingerprint density at radius 2 is 2.10 bits per heavy atom. The molecule has 21 heavy (non-hydrogen) atoms. The Morgan fingerprint density at radius 1 is 1.38 bits per heavy atom. The third-order valence-electron chi connectivity index (χ3n) is 3.82.